The van der Waals surface area contributed by atoms with Crippen LogP contribution in [-0.4, -0.2) is 48.8 Å². The van der Waals surface area contributed by atoms with Gasteiger partial charge >= 0.3 is 0 Å². The van der Waals surface area contributed by atoms with Crippen molar-refractivity contribution in [3.63, 3.8) is 0 Å². The number of para-hydroxylation sites is 2. The third-order valence-corrected chi connectivity index (χ3v) is 3.65. The van der Waals surface area contributed by atoms with E-state index >= 15 is 0 Å². The summed E-state index contributed by atoms with van der Waals surface area (Å²) in [4.78, 5) is 8.39. The van der Waals surface area contributed by atoms with Gasteiger partial charge in [-0.3, -0.25) is 9.98 Å². The van der Waals surface area contributed by atoms with Crippen LogP contribution in [0.25, 0.3) is 0 Å². The molecule has 0 unspecified atom stereocenters. The summed E-state index contributed by atoms with van der Waals surface area (Å²) in [5.74, 6) is 0.433. The Morgan fingerprint density at radius 2 is 1.20 bits per heavy atom. The summed E-state index contributed by atoms with van der Waals surface area (Å²) >= 11 is 0. The smallest absolute Gasteiger partial charge is 0.124 e. The summed E-state index contributed by atoms with van der Waals surface area (Å²) in [6.07, 6.45) is 6.04. The molecule has 5 nitrogen and oxygen atoms in total. The number of benzene rings is 2. The van der Waals surface area contributed by atoms with Gasteiger partial charge in [0, 0.05) is 23.6 Å². The number of hydrogen-bond donors (Lipinski definition) is 3. The highest BCUT2D eigenvalue weighted by Gasteiger charge is 1.95. The van der Waals surface area contributed by atoms with Gasteiger partial charge in [-0.25, -0.2) is 0 Å². The molecule has 2 aromatic carbocycles. The van der Waals surface area contributed by atoms with Gasteiger partial charge in [-0.1, -0.05) is 24.3 Å². The molecule has 0 aromatic heterocycles. The molecule has 1 aliphatic heterocycles. The quantitative estimate of drug-likeness (QED) is 0.579. The van der Waals surface area contributed by atoms with Crippen molar-refractivity contribution in [1.82, 2.24) is 5.32 Å². The number of nitrogens with zero attached hydrogens (tertiary/aromatic N) is 2. The zero-order valence-electron chi connectivity index (χ0n) is 14.3. The monoisotopic (exact) mass is 339 g/mol. The Morgan fingerprint density at radius 1 is 0.760 bits per heavy atom. The summed E-state index contributed by atoms with van der Waals surface area (Å²) in [6.45, 7) is 3.55. The lowest BCUT2D eigenvalue weighted by atomic mass is 10.2. The summed E-state index contributed by atoms with van der Waals surface area (Å²) < 4.78 is 0. The van der Waals surface area contributed by atoms with Gasteiger partial charge in [-0.15, -0.1) is 0 Å². The van der Waals surface area contributed by atoms with Crippen LogP contribution in [0.4, 0.5) is 0 Å². The van der Waals surface area contributed by atoms with Gasteiger partial charge in [0.15, 0.2) is 0 Å². The van der Waals surface area contributed by atoms with Gasteiger partial charge in [0.2, 0.25) is 0 Å². The fourth-order valence-electron chi connectivity index (χ4n) is 2.26. The van der Waals surface area contributed by atoms with Crippen molar-refractivity contribution in [2.24, 2.45) is 9.98 Å². The molecular formula is C20H25N3O2. The van der Waals surface area contributed by atoms with Crippen molar-refractivity contribution in [2.75, 3.05) is 26.2 Å². The maximum atomic E-state index is 9.54. The zero-order valence-corrected chi connectivity index (χ0v) is 14.3. The van der Waals surface area contributed by atoms with Crippen LogP contribution in [0.2, 0.25) is 0 Å². The van der Waals surface area contributed by atoms with Crippen LogP contribution in [0.1, 0.15) is 24.0 Å². The molecule has 0 spiro atoms. The first-order valence-corrected chi connectivity index (χ1v) is 8.54. The second-order valence-corrected chi connectivity index (χ2v) is 5.65. The third kappa shape index (κ3) is 7.18. The standard InChI is InChI=1S/C16H16N2O2.C4H9N/c19-15-7-3-1-5-13(15)11-17-9-10-18-12-14-6-2-4-8-16(14)20;1-2-4-5-3-1/h1-8,11-12,19-20H,9-10H2;5H,1-4H2. The van der Waals surface area contributed by atoms with Gasteiger partial charge in [-0.05, 0) is 50.2 Å². The third-order valence-electron chi connectivity index (χ3n) is 3.65. The van der Waals surface area contributed by atoms with Crippen LogP contribution in [0.3, 0.4) is 0 Å². The molecule has 0 amide bonds. The highest BCUT2D eigenvalue weighted by molar-refractivity contribution is 5.84. The van der Waals surface area contributed by atoms with Gasteiger partial charge in [0.05, 0.1) is 13.1 Å². The topological polar surface area (TPSA) is 77.2 Å². The summed E-state index contributed by atoms with van der Waals surface area (Å²) in [7, 11) is 0. The Hall–Kier alpha value is -2.66. The van der Waals surface area contributed by atoms with Gasteiger partial charge in [0.25, 0.3) is 0 Å². The summed E-state index contributed by atoms with van der Waals surface area (Å²) in [5.41, 5.74) is 1.38. The molecule has 1 fully saturated rings. The molecule has 0 saturated carbocycles. The van der Waals surface area contributed by atoms with E-state index in [1.54, 1.807) is 48.8 Å². The van der Waals surface area contributed by atoms with Crippen molar-refractivity contribution >= 4 is 12.4 Å². The van der Waals surface area contributed by atoms with Crippen LogP contribution in [0.5, 0.6) is 11.5 Å². The average molecular weight is 339 g/mol. The van der Waals surface area contributed by atoms with Gasteiger partial charge in [0.1, 0.15) is 11.5 Å². The van der Waals surface area contributed by atoms with E-state index in [1.165, 1.54) is 25.9 Å². The molecule has 3 N–H and O–H groups in total. The fourth-order valence-corrected chi connectivity index (χ4v) is 2.26. The van der Waals surface area contributed by atoms with Crippen molar-refractivity contribution in [3.05, 3.63) is 59.7 Å². The first kappa shape index (κ1) is 18.7. The minimum absolute atomic E-state index is 0.217. The minimum atomic E-state index is 0.217. The largest absolute Gasteiger partial charge is 0.507 e. The van der Waals surface area contributed by atoms with Crippen molar-refractivity contribution in [2.45, 2.75) is 12.8 Å². The van der Waals surface area contributed by atoms with Gasteiger partial charge < -0.3 is 15.5 Å². The minimum Gasteiger partial charge on any atom is -0.507 e. The molecule has 5 heteroatoms. The van der Waals surface area contributed by atoms with Crippen molar-refractivity contribution in [1.29, 1.82) is 0 Å². The summed E-state index contributed by atoms with van der Waals surface area (Å²) in [5, 5.41) is 22.3. The predicted octanol–water partition coefficient (Wildman–Crippen LogP) is 3.01. The molecule has 1 saturated heterocycles. The lowest BCUT2D eigenvalue weighted by molar-refractivity contribution is 0.474. The van der Waals surface area contributed by atoms with E-state index in [4.69, 9.17) is 0 Å². The number of aliphatic imine (C=N–C) groups is 2. The molecule has 2 aromatic rings. The maximum Gasteiger partial charge on any atom is 0.124 e. The maximum absolute atomic E-state index is 9.54. The summed E-state index contributed by atoms with van der Waals surface area (Å²) in [6, 6.07) is 14.1. The van der Waals surface area contributed by atoms with Crippen LogP contribution in [-0.2, 0) is 0 Å². The normalized spacial score (nSPS) is 13.9. The van der Waals surface area contributed by atoms with E-state index in [2.05, 4.69) is 15.3 Å². The van der Waals surface area contributed by atoms with E-state index in [9.17, 15) is 10.2 Å². The van der Waals surface area contributed by atoms with Gasteiger partial charge in [-0.2, -0.15) is 0 Å². The first-order valence-electron chi connectivity index (χ1n) is 8.54. The Labute approximate surface area is 148 Å². The first-order chi connectivity index (χ1) is 12.3. The van der Waals surface area contributed by atoms with Crippen LogP contribution in [0, 0.1) is 0 Å². The molecule has 0 bridgehead atoms. The molecule has 1 aliphatic rings. The molecule has 0 radical (unpaired) electrons. The Bertz CT molecular complexity index is 632. The highest BCUT2D eigenvalue weighted by atomic mass is 16.3. The second kappa shape index (κ2) is 11.0. The van der Waals surface area contributed by atoms with Crippen LogP contribution >= 0.6 is 0 Å². The molecule has 1 heterocycles. The molecule has 132 valence electrons. The lowest BCUT2D eigenvalue weighted by Gasteiger charge is -1.97. The Balaban J connectivity index is 0.000000386. The molecule has 0 aliphatic carbocycles. The SMILES string of the molecule is C1CCNC1.Oc1ccccc1C=NCCN=Cc1ccccc1O. The van der Waals surface area contributed by atoms with Crippen molar-refractivity contribution < 1.29 is 10.2 Å². The number of rotatable bonds is 5. The predicted molar refractivity (Wildman–Crippen MR) is 103 cm³/mol. The average Bonchev–Trinajstić information content (AvgIpc) is 3.21. The van der Waals surface area contributed by atoms with E-state index < -0.39 is 0 Å². The molecular weight excluding hydrogens is 314 g/mol. The number of aromatic hydroxyl groups is 2. The molecule has 25 heavy (non-hydrogen) atoms. The van der Waals surface area contributed by atoms with Crippen LogP contribution < -0.4 is 5.32 Å². The zero-order chi connectivity index (χ0) is 17.7. The Morgan fingerprint density at radius 3 is 1.56 bits per heavy atom. The highest BCUT2D eigenvalue weighted by Crippen LogP contribution is 2.13. The fraction of sp³-hybridized carbons (Fsp3) is 0.300. The van der Waals surface area contributed by atoms with E-state index in [-0.39, 0.29) is 11.5 Å². The number of phenolic OH excluding ortho intramolecular Hbond substituents is 2. The molecule has 0 atom stereocenters. The van der Waals surface area contributed by atoms with E-state index in [0.717, 1.165) is 0 Å². The second-order valence-electron chi connectivity index (χ2n) is 5.65. The Kier molecular flexibility index (Phi) is 8.21. The number of phenols is 2. The number of nitrogens with one attached hydrogen (secondary N) is 1. The molecule has 3 rings (SSSR count). The van der Waals surface area contributed by atoms with Crippen molar-refractivity contribution in [3.8, 4) is 11.5 Å². The van der Waals surface area contributed by atoms with Crippen LogP contribution in [0.15, 0.2) is 58.5 Å². The van der Waals surface area contributed by atoms with E-state index in [1.807, 2.05) is 12.1 Å². The lowest BCUT2D eigenvalue weighted by Crippen LogP contribution is -2.03. The van der Waals surface area contributed by atoms with E-state index in [0.29, 0.717) is 24.2 Å². The number of hydrogen-bond acceptors (Lipinski definition) is 5.